The van der Waals surface area contributed by atoms with E-state index in [4.69, 9.17) is 0 Å². The van der Waals surface area contributed by atoms with E-state index in [0.717, 1.165) is 27.7 Å². The molecule has 4 nitrogen and oxygen atoms in total. The summed E-state index contributed by atoms with van der Waals surface area (Å²) in [5.41, 5.74) is -4.73. The summed E-state index contributed by atoms with van der Waals surface area (Å²) in [6.07, 6.45) is -36.8. The maximum Gasteiger partial charge on any atom is 0.434 e. The van der Waals surface area contributed by atoms with Gasteiger partial charge < -0.3 is 9.47 Å². The maximum atomic E-state index is 12.7. The molecule has 0 aromatic carbocycles. The predicted octanol–water partition coefficient (Wildman–Crippen LogP) is 5.89. The lowest BCUT2D eigenvalue weighted by Crippen LogP contribution is -2.54. The van der Waals surface area contributed by atoms with Crippen LogP contribution in [-0.2, 0) is 19.1 Å². The van der Waals surface area contributed by atoms with Crippen molar-refractivity contribution in [2.24, 2.45) is 10.8 Å². The molecule has 0 radical (unpaired) electrons. The van der Waals surface area contributed by atoms with E-state index in [1.165, 1.54) is 0 Å². The molecule has 0 atom stereocenters. The summed E-state index contributed by atoms with van der Waals surface area (Å²) in [4.78, 5) is 24.6. The average Bonchev–Trinajstić information content (AvgIpc) is 2.49. The third-order valence-corrected chi connectivity index (χ3v) is 3.86. The number of hydrogen-bond acceptors (Lipinski definition) is 4. The molecule has 0 spiro atoms. The molecule has 16 heteroatoms. The first-order valence-electron chi connectivity index (χ1n) is 8.48. The van der Waals surface area contributed by atoms with Gasteiger partial charge in [0.05, 0.1) is 0 Å². The minimum Gasteiger partial charge on any atom is -0.442 e. The summed E-state index contributed by atoms with van der Waals surface area (Å²) in [5, 5.41) is 0. The van der Waals surface area contributed by atoms with E-state index < -0.39 is 72.5 Å². The summed E-state index contributed by atoms with van der Waals surface area (Å²) < 4.78 is 159. The Labute approximate surface area is 173 Å². The van der Waals surface area contributed by atoms with Crippen LogP contribution in [0.25, 0.3) is 0 Å². The molecule has 0 aliphatic carbocycles. The third kappa shape index (κ3) is 7.90. The Morgan fingerprint density at radius 2 is 0.875 bits per heavy atom. The zero-order valence-corrected chi connectivity index (χ0v) is 16.7. The van der Waals surface area contributed by atoms with Gasteiger partial charge in [-0.3, -0.25) is 9.59 Å². The molecule has 0 saturated heterocycles. The van der Waals surface area contributed by atoms with E-state index in [2.05, 4.69) is 9.47 Å². The topological polar surface area (TPSA) is 52.6 Å². The molecular weight excluding hydrogens is 484 g/mol. The van der Waals surface area contributed by atoms with Gasteiger partial charge in [-0.05, 0) is 18.3 Å². The summed E-state index contributed by atoms with van der Waals surface area (Å²) in [5.74, 6) is -5.27. The lowest BCUT2D eigenvalue weighted by atomic mass is 9.72. The fourth-order valence-electron chi connectivity index (χ4n) is 2.62. The van der Waals surface area contributed by atoms with Gasteiger partial charge in [0.2, 0.25) is 0 Å². The molecule has 0 heterocycles. The summed E-state index contributed by atoms with van der Waals surface area (Å²) in [7, 11) is 0. The van der Waals surface area contributed by atoms with Crippen molar-refractivity contribution in [2.45, 2.75) is 77.4 Å². The van der Waals surface area contributed by atoms with Crippen LogP contribution in [0.15, 0.2) is 0 Å². The predicted molar refractivity (Wildman–Crippen MR) is 80.8 cm³/mol. The van der Waals surface area contributed by atoms with Crippen molar-refractivity contribution < 1.29 is 71.7 Å². The Morgan fingerprint density at radius 1 is 0.625 bits per heavy atom. The molecule has 0 fully saturated rings. The third-order valence-electron chi connectivity index (χ3n) is 3.86. The van der Waals surface area contributed by atoms with Crippen LogP contribution in [0.1, 0.15) is 40.5 Å². The number of halogens is 12. The van der Waals surface area contributed by atoms with Gasteiger partial charge in [-0.2, -0.15) is 52.7 Å². The van der Waals surface area contributed by atoms with E-state index in [0.29, 0.717) is 0 Å². The second-order valence-electron chi connectivity index (χ2n) is 7.91. The van der Waals surface area contributed by atoms with Gasteiger partial charge in [-0.1, -0.05) is 27.7 Å². The second kappa shape index (κ2) is 9.15. The zero-order valence-electron chi connectivity index (χ0n) is 16.7. The number of esters is 2. The molecule has 0 aliphatic heterocycles. The number of hydrogen-bond donors (Lipinski definition) is 0. The minimum absolute atomic E-state index is 0.765. The molecule has 0 saturated carbocycles. The van der Waals surface area contributed by atoms with Gasteiger partial charge in [0.1, 0.15) is 0 Å². The molecular formula is C16H18F12O4. The van der Waals surface area contributed by atoms with Gasteiger partial charge in [-0.15, -0.1) is 0 Å². The Bertz CT molecular complexity index is 593. The SMILES string of the molecule is CCC(CC(C)(C)C)(C(=O)OC(C(F)(F)F)C(F)(F)F)C(=O)OC(C(F)(F)F)C(F)(F)F. The molecule has 0 aromatic heterocycles. The number of alkyl halides is 12. The summed E-state index contributed by atoms with van der Waals surface area (Å²) in [6, 6.07) is 0. The van der Waals surface area contributed by atoms with E-state index in [1.54, 1.807) is 0 Å². The molecule has 0 amide bonds. The first kappa shape index (κ1) is 30.1. The first-order chi connectivity index (χ1) is 13.8. The highest BCUT2D eigenvalue weighted by molar-refractivity contribution is 6.00. The maximum absolute atomic E-state index is 12.7. The Kier molecular flexibility index (Phi) is 8.61. The van der Waals surface area contributed by atoms with Crippen LogP contribution >= 0.6 is 0 Å². The Morgan fingerprint density at radius 3 is 1.03 bits per heavy atom. The van der Waals surface area contributed by atoms with Gasteiger partial charge in [-0.25, -0.2) is 0 Å². The van der Waals surface area contributed by atoms with Gasteiger partial charge >= 0.3 is 36.6 Å². The van der Waals surface area contributed by atoms with Crippen LogP contribution in [-0.4, -0.2) is 48.9 Å². The van der Waals surface area contributed by atoms with Crippen molar-refractivity contribution in [1.82, 2.24) is 0 Å². The quantitative estimate of drug-likeness (QED) is 0.258. The van der Waals surface area contributed by atoms with E-state index in [1.807, 2.05) is 0 Å². The molecule has 0 unspecified atom stereocenters. The lowest BCUT2D eigenvalue weighted by Gasteiger charge is -2.36. The summed E-state index contributed by atoms with van der Waals surface area (Å²) in [6.45, 7) is 4.25. The number of rotatable bonds is 6. The van der Waals surface area contributed by atoms with Gasteiger partial charge in [0.15, 0.2) is 5.41 Å². The number of ether oxygens (including phenoxy) is 2. The van der Waals surface area contributed by atoms with Crippen molar-refractivity contribution >= 4 is 11.9 Å². The standard InChI is InChI=1S/C16H18F12O4/c1-5-12(6-11(2,3)4,9(29)31-7(13(17,18)19)14(20,21)22)10(30)32-8(15(23,24)25)16(26,27)28/h7-8H,5-6H2,1-4H3. The number of carbonyl (C=O) groups excluding carboxylic acids is 2. The van der Waals surface area contributed by atoms with Gasteiger partial charge in [0, 0.05) is 0 Å². The highest BCUT2D eigenvalue weighted by Crippen LogP contribution is 2.44. The van der Waals surface area contributed by atoms with Crippen LogP contribution in [0, 0.1) is 10.8 Å². The van der Waals surface area contributed by atoms with E-state index in [9.17, 15) is 62.3 Å². The first-order valence-corrected chi connectivity index (χ1v) is 8.48. The largest absolute Gasteiger partial charge is 0.442 e. The van der Waals surface area contributed by atoms with Crippen LogP contribution in [0.5, 0.6) is 0 Å². The van der Waals surface area contributed by atoms with Crippen molar-refractivity contribution in [3.8, 4) is 0 Å². The van der Waals surface area contributed by atoms with Crippen LogP contribution in [0.2, 0.25) is 0 Å². The molecule has 0 aromatic rings. The zero-order chi connectivity index (χ0) is 26.1. The highest BCUT2D eigenvalue weighted by atomic mass is 19.4. The van der Waals surface area contributed by atoms with Crippen molar-refractivity contribution in [3.63, 3.8) is 0 Å². The highest BCUT2D eigenvalue weighted by Gasteiger charge is 2.65. The molecule has 0 N–H and O–H groups in total. The molecule has 0 rings (SSSR count). The Balaban J connectivity index is 6.48. The second-order valence-corrected chi connectivity index (χ2v) is 7.91. The monoisotopic (exact) mass is 502 g/mol. The van der Waals surface area contributed by atoms with E-state index >= 15 is 0 Å². The minimum atomic E-state index is -6.25. The average molecular weight is 502 g/mol. The van der Waals surface area contributed by atoms with Crippen LogP contribution < -0.4 is 0 Å². The smallest absolute Gasteiger partial charge is 0.434 e. The normalized spacial score (nSPS) is 14.7. The fraction of sp³-hybridized carbons (Fsp3) is 0.875. The molecule has 0 aliphatic rings. The van der Waals surface area contributed by atoms with E-state index in [-0.39, 0.29) is 0 Å². The van der Waals surface area contributed by atoms with Crippen LogP contribution in [0.3, 0.4) is 0 Å². The lowest BCUT2D eigenvalue weighted by molar-refractivity contribution is -0.320. The fourth-order valence-corrected chi connectivity index (χ4v) is 2.62. The summed E-state index contributed by atoms with van der Waals surface area (Å²) >= 11 is 0. The van der Waals surface area contributed by atoms with Crippen molar-refractivity contribution in [3.05, 3.63) is 0 Å². The molecule has 32 heavy (non-hydrogen) atoms. The van der Waals surface area contributed by atoms with Gasteiger partial charge in [0.25, 0.3) is 12.2 Å². The molecule has 190 valence electrons. The number of carbonyl (C=O) groups is 2. The van der Waals surface area contributed by atoms with Crippen molar-refractivity contribution in [2.75, 3.05) is 0 Å². The molecule has 0 bridgehead atoms. The Hall–Kier alpha value is -1.90. The van der Waals surface area contributed by atoms with Crippen LogP contribution in [0.4, 0.5) is 52.7 Å². The van der Waals surface area contributed by atoms with Crippen molar-refractivity contribution in [1.29, 1.82) is 0 Å².